The average Bonchev–Trinajstić information content (AvgIpc) is 2.46. The lowest BCUT2D eigenvalue weighted by atomic mass is 10.2. The second-order valence-electron chi connectivity index (χ2n) is 3.16. The van der Waals surface area contributed by atoms with Gasteiger partial charge in [0.1, 0.15) is 0 Å². The summed E-state index contributed by atoms with van der Waals surface area (Å²) in [5, 5.41) is 4.64. The van der Waals surface area contributed by atoms with Crippen molar-refractivity contribution in [2.24, 2.45) is 7.05 Å². The van der Waals surface area contributed by atoms with E-state index >= 15 is 0 Å². The molecule has 2 rings (SSSR count). The van der Waals surface area contributed by atoms with E-state index in [1.54, 1.807) is 25.2 Å². The van der Waals surface area contributed by atoms with E-state index in [0.717, 1.165) is 5.56 Å². The topological polar surface area (TPSA) is 82.8 Å². The van der Waals surface area contributed by atoms with Gasteiger partial charge in [0.25, 0.3) is 0 Å². The Labute approximate surface area is 91.7 Å². The lowest BCUT2D eigenvalue weighted by molar-refractivity contribution is 0.781. The third-order valence-corrected chi connectivity index (χ3v) is 2.34. The third kappa shape index (κ3) is 1.73. The number of halogens is 1. The Balaban J connectivity index is 2.54. The van der Waals surface area contributed by atoms with Gasteiger partial charge in [-0.05, 0) is 18.2 Å². The predicted octanol–water partition coefficient (Wildman–Crippen LogP) is 1.30. The molecular weight excluding hydrogens is 214 g/mol. The molecule has 0 aliphatic rings. The van der Waals surface area contributed by atoms with Crippen molar-refractivity contribution in [1.82, 2.24) is 14.8 Å². The molecule has 0 atom stereocenters. The Hall–Kier alpha value is -1.75. The minimum Gasteiger partial charge on any atom is -0.399 e. The number of nitrogens with two attached hydrogens (primary N) is 2. The van der Waals surface area contributed by atoms with Crippen LogP contribution in [-0.4, -0.2) is 14.8 Å². The van der Waals surface area contributed by atoms with E-state index in [0.29, 0.717) is 22.5 Å². The van der Waals surface area contributed by atoms with Crippen molar-refractivity contribution >= 4 is 23.2 Å². The normalized spacial score (nSPS) is 10.5. The first kappa shape index (κ1) is 9.79. The molecule has 0 saturated heterocycles. The second-order valence-corrected chi connectivity index (χ2v) is 3.56. The van der Waals surface area contributed by atoms with Crippen molar-refractivity contribution in [3.8, 4) is 11.4 Å². The van der Waals surface area contributed by atoms with Crippen LogP contribution in [0.3, 0.4) is 0 Å². The van der Waals surface area contributed by atoms with Crippen LogP contribution in [0.4, 0.5) is 11.6 Å². The molecule has 1 heterocycles. The zero-order chi connectivity index (χ0) is 11.0. The first-order chi connectivity index (χ1) is 7.08. The van der Waals surface area contributed by atoms with Crippen molar-refractivity contribution in [1.29, 1.82) is 0 Å². The molecule has 1 aromatic heterocycles. The average molecular weight is 224 g/mol. The van der Waals surface area contributed by atoms with Gasteiger partial charge in [0.05, 0.1) is 5.02 Å². The minimum absolute atomic E-state index is 0.345. The van der Waals surface area contributed by atoms with Crippen LogP contribution in [0, 0.1) is 0 Å². The van der Waals surface area contributed by atoms with Crippen LogP contribution in [0.15, 0.2) is 18.2 Å². The van der Waals surface area contributed by atoms with Gasteiger partial charge in [-0.2, -0.15) is 4.98 Å². The van der Waals surface area contributed by atoms with Crippen LogP contribution < -0.4 is 11.5 Å². The minimum atomic E-state index is 0.345. The summed E-state index contributed by atoms with van der Waals surface area (Å²) in [5.41, 5.74) is 12.5. The van der Waals surface area contributed by atoms with Gasteiger partial charge in [0.2, 0.25) is 5.95 Å². The van der Waals surface area contributed by atoms with E-state index in [9.17, 15) is 0 Å². The highest BCUT2D eigenvalue weighted by Crippen LogP contribution is 2.27. The van der Waals surface area contributed by atoms with Gasteiger partial charge < -0.3 is 11.5 Å². The van der Waals surface area contributed by atoms with Crippen LogP contribution in [0.25, 0.3) is 11.4 Å². The lowest BCUT2D eigenvalue weighted by Gasteiger charge is -1.99. The molecule has 6 heteroatoms. The molecule has 0 radical (unpaired) electrons. The number of rotatable bonds is 1. The van der Waals surface area contributed by atoms with Crippen molar-refractivity contribution in [2.75, 3.05) is 11.5 Å². The Kier molecular flexibility index (Phi) is 2.24. The monoisotopic (exact) mass is 223 g/mol. The van der Waals surface area contributed by atoms with E-state index < -0.39 is 0 Å². The molecule has 15 heavy (non-hydrogen) atoms. The number of nitrogen functional groups attached to an aromatic ring is 2. The number of anilines is 2. The summed E-state index contributed by atoms with van der Waals surface area (Å²) < 4.78 is 1.49. The maximum Gasteiger partial charge on any atom is 0.218 e. The highest BCUT2D eigenvalue weighted by molar-refractivity contribution is 6.33. The highest BCUT2D eigenvalue weighted by atomic mass is 35.5. The molecule has 0 aliphatic carbocycles. The summed E-state index contributed by atoms with van der Waals surface area (Å²) in [4.78, 5) is 4.08. The maximum absolute atomic E-state index is 6.02. The van der Waals surface area contributed by atoms with Crippen LogP contribution in [-0.2, 0) is 7.05 Å². The molecule has 4 N–H and O–H groups in total. The zero-order valence-corrected chi connectivity index (χ0v) is 8.86. The Morgan fingerprint density at radius 3 is 2.60 bits per heavy atom. The summed E-state index contributed by atoms with van der Waals surface area (Å²) in [6.07, 6.45) is 0. The largest absolute Gasteiger partial charge is 0.399 e. The Morgan fingerprint density at radius 1 is 1.33 bits per heavy atom. The van der Waals surface area contributed by atoms with E-state index in [1.807, 2.05) is 0 Å². The molecule has 2 aromatic rings. The fourth-order valence-electron chi connectivity index (χ4n) is 1.22. The van der Waals surface area contributed by atoms with Crippen molar-refractivity contribution in [3.63, 3.8) is 0 Å². The second kappa shape index (κ2) is 3.43. The standard InChI is InChI=1S/C9H10ClN5/c1-15-9(12)13-8(14-15)6-3-2-5(11)4-7(6)10/h2-4H,11H2,1H3,(H2,12,13,14). The van der Waals surface area contributed by atoms with Gasteiger partial charge in [-0.15, -0.1) is 5.10 Å². The first-order valence-corrected chi connectivity index (χ1v) is 4.67. The van der Waals surface area contributed by atoms with Gasteiger partial charge in [0, 0.05) is 18.3 Å². The fourth-order valence-corrected chi connectivity index (χ4v) is 1.50. The Morgan fingerprint density at radius 2 is 2.07 bits per heavy atom. The van der Waals surface area contributed by atoms with E-state index in [-0.39, 0.29) is 0 Å². The molecule has 0 spiro atoms. The first-order valence-electron chi connectivity index (χ1n) is 4.30. The molecule has 0 bridgehead atoms. The summed E-state index contributed by atoms with van der Waals surface area (Å²) in [7, 11) is 1.72. The van der Waals surface area contributed by atoms with E-state index in [1.165, 1.54) is 4.68 Å². The predicted molar refractivity (Wildman–Crippen MR) is 60.3 cm³/mol. The lowest BCUT2D eigenvalue weighted by Crippen LogP contribution is -1.97. The molecular formula is C9H10ClN5. The number of aryl methyl sites for hydroxylation is 1. The molecule has 0 fully saturated rings. The van der Waals surface area contributed by atoms with Crippen LogP contribution in [0.1, 0.15) is 0 Å². The zero-order valence-electron chi connectivity index (χ0n) is 8.11. The van der Waals surface area contributed by atoms with Crippen molar-refractivity contribution in [2.45, 2.75) is 0 Å². The van der Waals surface area contributed by atoms with Gasteiger partial charge in [-0.3, -0.25) is 0 Å². The smallest absolute Gasteiger partial charge is 0.218 e. The summed E-state index contributed by atoms with van der Waals surface area (Å²) in [6, 6.07) is 5.17. The molecule has 1 aromatic carbocycles. The third-order valence-electron chi connectivity index (χ3n) is 2.03. The number of hydrogen-bond donors (Lipinski definition) is 2. The van der Waals surface area contributed by atoms with E-state index in [2.05, 4.69) is 10.1 Å². The highest BCUT2D eigenvalue weighted by Gasteiger charge is 2.10. The molecule has 0 unspecified atom stereocenters. The van der Waals surface area contributed by atoms with Gasteiger partial charge in [0.15, 0.2) is 5.82 Å². The SMILES string of the molecule is Cn1nc(-c2ccc(N)cc2Cl)nc1N. The quantitative estimate of drug-likeness (QED) is 0.714. The summed E-state index contributed by atoms with van der Waals surface area (Å²) >= 11 is 6.02. The van der Waals surface area contributed by atoms with Crippen molar-refractivity contribution in [3.05, 3.63) is 23.2 Å². The summed E-state index contributed by atoms with van der Waals surface area (Å²) in [5.74, 6) is 0.845. The molecule has 78 valence electrons. The van der Waals surface area contributed by atoms with Crippen LogP contribution >= 0.6 is 11.6 Å². The summed E-state index contributed by atoms with van der Waals surface area (Å²) in [6.45, 7) is 0. The van der Waals surface area contributed by atoms with Crippen LogP contribution in [0.2, 0.25) is 5.02 Å². The van der Waals surface area contributed by atoms with Gasteiger partial charge >= 0.3 is 0 Å². The molecule has 0 amide bonds. The van der Waals surface area contributed by atoms with Gasteiger partial charge in [-0.25, -0.2) is 4.68 Å². The molecule has 0 aliphatic heterocycles. The maximum atomic E-state index is 6.02. The van der Waals surface area contributed by atoms with E-state index in [4.69, 9.17) is 23.1 Å². The number of benzene rings is 1. The number of nitrogens with zero attached hydrogens (tertiary/aromatic N) is 3. The molecule has 5 nitrogen and oxygen atoms in total. The number of hydrogen-bond acceptors (Lipinski definition) is 4. The van der Waals surface area contributed by atoms with Gasteiger partial charge in [-0.1, -0.05) is 11.6 Å². The fraction of sp³-hybridized carbons (Fsp3) is 0.111. The molecule has 0 saturated carbocycles. The Bertz CT molecular complexity index is 486. The van der Waals surface area contributed by atoms with Crippen molar-refractivity contribution < 1.29 is 0 Å². The number of aromatic nitrogens is 3. The van der Waals surface area contributed by atoms with Crippen LogP contribution in [0.5, 0.6) is 0 Å².